The fourth-order valence-electron chi connectivity index (χ4n) is 2.29. The maximum atomic E-state index is 11.4. The Kier molecular flexibility index (Phi) is 8.61. The zero-order valence-electron chi connectivity index (χ0n) is 12.2. The molecule has 0 heterocycles. The van der Waals surface area contributed by atoms with Crippen molar-refractivity contribution in [3.8, 4) is 0 Å². The van der Waals surface area contributed by atoms with Gasteiger partial charge in [-0.15, -0.1) is 0 Å². The maximum Gasteiger partial charge on any atom is 0.310 e. The van der Waals surface area contributed by atoms with Crippen LogP contribution in [-0.4, -0.2) is 44.4 Å². The average molecular weight is 304 g/mol. The molecule has 0 saturated carbocycles. The standard InChI is InChI=1S/C14H24O7/c1-2-3-4-5-10(15)6-7-14(13(20)21,8-11(16)17)9-12(18)19/h10,15H,2-9H2,1H3,(H,16,17)(H,18,19)(H,20,21). The summed E-state index contributed by atoms with van der Waals surface area (Å²) >= 11 is 0. The van der Waals surface area contributed by atoms with Crippen LogP contribution >= 0.6 is 0 Å². The second-order valence-corrected chi connectivity index (χ2v) is 5.41. The van der Waals surface area contributed by atoms with Gasteiger partial charge in [0.05, 0.1) is 24.4 Å². The Labute approximate surface area is 123 Å². The fourth-order valence-corrected chi connectivity index (χ4v) is 2.29. The number of rotatable bonds is 12. The van der Waals surface area contributed by atoms with Crippen LogP contribution in [0.25, 0.3) is 0 Å². The molecule has 0 aromatic carbocycles. The van der Waals surface area contributed by atoms with Crippen LogP contribution in [0, 0.1) is 5.41 Å². The van der Waals surface area contributed by atoms with Crippen LogP contribution in [0.2, 0.25) is 0 Å². The number of aliphatic carboxylic acids is 3. The van der Waals surface area contributed by atoms with Gasteiger partial charge in [0.1, 0.15) is 0 Å². The van der Waals surface area contributed by atoms with Gasteiger partial charge in [0.2, 0.25) is 0 Å². The van der Waals surface area contributed by atoms with Crippen molar-refractivity contribution in [2.45, 2.75) is 64.4 Å². The van der Waals surface area contributed by atoms with Crippen LogP contribution in [0.15, 0.2) is 0 Å². The van der Waals surface area contributed by atoms with Crippen molar-refractivity contribution >= 4 is 17.9 Å². The van der Waals surface area contributed by atoms with Gasteiger partial charge >= 0.3 is 17.9 Å². The van der Waals surface area contributed by atoms with E-state index in [9.17, 15) is 24.6 Å². The third kappa shape index (κ3) is 7.65. The molecule has 0 aliphatic carbocycles. The lowest BCUT2D eigenvalue weighted by Gasteiger charge is -2.27. The molecule has 0 rings (SSSR count). The number of aliphatic hydroxyl groups is 1. The first-order chi connectivity index (χ1) is 9.73. The second kappa shape index (κ2) is 9.33. The van der Waals surface area contributed by atoms with Crippen molar-refractivity contribution in [3.63, 3.8) is 0 Å². The molecule has 0 radical (unpaired) electrons. The highest BCUT2D eigenvalue weighted by Gasteiger charge is 2.42. The minimum atomic E-state index is -1.87. The van der Waals surface area contributed by atoms with E-state index >= 15 is 0 Å². The summed E-state index contributed by atoms with van der Waals surface area (Å²) in [6.07, 6.45) is 0.879. The number of aliphatic hydroxyl groups excluding tert-OH is 1. The predicted molar refractivity (Wildman–Crippen MR) is 74.0 cm³/mol. The molecule has 1 atom stereocenters. The highest BCUT2D eigenvalue weighted by atomic mass is 16.4. The molecule has 0 fully saturated rings. The second-order valence-electron chi connectivity index (χ2n) is 5.41. The quantitative estimate of drug-likeness (QED) is 0.403. The summed E-state index contributed by atoms with van der Waals surface area (Å²) in [5.41, 5.74) is -1.87. The van der Waals surface area contributed by atoms with Crippen molar-refractivity contribution in [3.05, 3.63) is 0 Å². The molecule has 1 unspecified atom stereocenters. The van der Waals surface area contributed by atoms with Gasteiger partial charge in [-0.1, -0.05) is 26.2 Å². The summed E-state index contributed by atoms with van der Waals surface area (Å²) < 4.78 is 0. The Hall–Kier alpha value is -1.63. The first kappa shape index (κ1) is 19.4. The van der Waals surface area contributed by atoms with Gasteiger partial charge in [0.15, 0.2) is 0 Å². The highest BCUT2D eigenvalue weighted by molar-refractivity contribution is 5.85. The number of hydrogen-bond donors (Lipinski definition) is 4. The van der Waals surface area contributed by atoms with E-state index in [-0.39, 0.29) is 12.8 Å². The van der Waals surface area contributed by atoms with E-state index in [0.717, 1.165) is 19.3 Å². The van der Waals surface area contributed by atoms with Gasteiger partial charge in [-0.3, -0.25) is 14.4 Å². The van der Waals surface area contributed by atoms with Crippen molar-refractivity contribution in [2.24, 2.45) is 5.41 Å². The van der Waals surface area contributed by atoms with Crippen LogP contribution in [-0.2, 0) is 14.4 Å². The molecule has 0 saturated heterocycles. The van der Waals surface area contributed by atoms with E-state index in [2.05, 4.69) is 0 Å². The Balaban J connectivity index is 4.75. The molecule has 0 aliphatic heterocycles. The summed E-state index contributed by atoms with van der Waals surface area (Å²) in [5, 5.41) is 36.7. The first-order valence-electron chi connectivity index (χ1n) is 7.08. The third-order valence-electron chi connectivity index (χ3n) is 3.53. The molecule has 4 N–H and O–H groups in total. The van der Waals surface area contributed by atoms with Gasteiger partial charge in [-0.05, 0) is 19.3 Å². The number of hydrogen-bond acceptors (Lipinski definition) is 4. The van der Waals surface area contributed by atoms with Gasteiger partial charge in [0, 0.05) is 0 Å². The normalized spacial score (nSPS) is 12.9. The molecule has 7 heteroatoms. The maximum absolute atomic E-state index is 11.4. The lowest BCUT2D eigenvalue weighted by Crippen LogP contribution is -2.37. The van der Waals surface area contributed by atoms with Crippen molar-refractivity contribution in [1.29, 1.82) is 0 Å². The Bertz CT molecular complexity index is 348. The fraction of sp³-hybridized carbons (Fsp3) is 0.786. The average Bonchev–Trinajstić information content (AvgIpc) is 2.34. The molecule has 0 spiro atoms. The summed E-state index contributed by atoms with van der Waals surface area (Å²) in [4.78, 5) is 33.0. The van der Waals surface area contributed by atoms with Crippen molar-refractivity contribution in [2.75, 3.05) is 0 Å². The van der Waals surface area contributed by atoms with E-state index in [1.165, 1.54) is 0 Å². The third-order valence-corrected chi connectivity index (χ3v) is 3.53. The van der Waals surface area contributed by atoms with Crippen molar-refractivity contribution < 1.29 is 34.8 Å². The molecule has 0 amide bonds. The van der Waals surface area contributed by atoms with E-state index in [1.807, 2.05) is 6.92 Å². The molecule has 0 aromatic heterocycles. The lowest BCUT2D eigenvalue weighted by atomic mass is 9.76. The summed E-state index contributed by atoms with van der Waals surface area (Å²) in [7, 11) is 0. The summed E-state index contributed by atoms with van der Waals surface area (Å²) in [5.74, 6) is -4.17. The van der Waals surface area contributed by atoms with Crippen LogP contribution < -0.4 is 0 Å². The SMILES string of the molecule is CCCCCC(O)CCC(CC(=O)O)(CC(=O)O)C(=O)O. The van der Waals surface area contributed by atoms with E-state index in [1.54, 1.807) is 0 Å². The molecular formula is C14H24O7. The monoisotopic (exact) mass is 304 g/mol. The zero-order chi connectivity index (χ0) is 16.5. The Morgan fingerprint density at radius 1 is 0.952 bits per heavy atom. The molecule has 21 heavy (non-hydrogen) atoms. The van der Waals surface area contributed by atoms with Crippen molar-refractivity contribution in [1.82, 2.24) is 0 Å². The Morgan fingerprint density at radius 2 is 1.48 bits per heavy atom. The van der Waals surface area contributed by atoms with Gasteiger partial charge in [0.25, 0.3) is 0 Å². The topological polar surface area (TPSA) is 132 Å². The molecule has 0 aliphatic rings. The summed E-state index contributed by atoms with van der Waals surface area (Å²) in [6, 6.07) is 0. The smallest absolute Gasteiger partial charge is 0.310 e. The molecule has 0 bridgehead atoms. The molecule has 122 valence electrons. The van der Waals surface area contributed by atoms with Crippen LogP contribution in [0.1, 0.15) is 58.3 Å². The van der Waals surface area contributed by atoms with E-state index in [4.69, 9.17) is 10.2 Å². The predicted octanol–water partition coefficient (Wildman–Crippen LogP) is 1.73. The largest absolute Gasteiger partial charge is 0.481 e. The zero-order valence-corrected chi connectivity index (χ0v) is 12.2. The van der Waals surface area contributed by atoms with Gasteiger partial charge in [-0.25, -0.2) is 0 Å². The van der Waals surface area contributed by atoms with Gasteiger partial charge < -0.3 is 20.4 Å². The minimum absolute atomic E-state index is 0.0799. The number of unbranched alkanes of at least 4 members (excludes halogenated alkanes) is 2. The van der Waals surface area contributed by atoms with E-state index < -0.39 is 42.3 Å². The molecule has 7 nitrogen and oxygen atoms in total. The molecular weight excluding hydrogens is 280 g/mol. The van der Waals surface area contributed by atoms with Crippen LogP contribution in [0.5, 0.6) is 0 Å². The highest BCUT2D eigenvalue weighted by Crippen LogP contribution is 2.34. The van der Waals surface area contributed by atoms with Crippen LogP contribution in [0.4, 0.5) is 0 Å². The number of carboxylic acid groups (broad SMARTS) is 3. The first-order valence-corrected chi connectivity index (χ1v) is 7.08. The molecule has 0 aromatic rings. The minimum Gasteiger partial charge on any atom is -0.481 e. The Morgan fingerprint density at radius 3 is 1.86 bits per heavy atom. The van der Waals surface area contributed by atoms with E-state index in [0.29, 0.717) is 6.42 Å². The van der Waals surface area contributed by atoms with Gasteiger partial charge in [-0.2, -0.15) is 0 Å². The summed E-state index contributed by atoms with van der Waals surface area (Å²) in [6.45, 7) is 2.02. The number of carbonyl (C=O) groups is 3. The number of carboxylic acids is 3. The lowest BCUT2D eigenvalue weighted by molar-refractivity contribution is -0.161. The van der Waals surface area contributed by atoms with Crippen LogP contribution in [0.3, 0.4) is 0 Å².